The predicted octanol–water partition coefficient (Wildman–Crippen LogP) is 3.72. The number of nitrogens with zero attached hydrogens (tertiary/aromatic N) is 1. The molecule has 2 saturated heterocycles. The van der Waals surface area contributed by atoms with Gasteiger partial charge in [-0.05, 0) is 31.9 Å². The minimum atomic E-state index is -0.669. The van der Waals surface area contributed by atoms with Crippen LogP contribution in [0.4, 0.5) is 4.79 Å². The summed E-state index contributed by atoms with van der Waals surface area (Å²) in [6, 6.07) is 17.7. The van der Waals surface area contributed by atoms with E-state index in [-0.39, 0.29) is 24.5 Å². The molecule has 0 aromatic heterocycles. The summed E-state index contributed by atoms with van der Waals surface area (Å²) in [6.07, 6.45) is -0.571. The van der Waals surface area contributed by atoms with Crippen LogP contribution in [0.5, 0.6) is 0 Å². The van der Waals surface area contributed by atoms with Crippen LogP contribution < -0.4 is 5.32 Å². The second-order valence-corrected chi connectivity index (χ2v) is 10.6. The molecule has 4 rings (SSSR count). The summed E-state index contributed by atoms with van der Waals surface area (Å²) >= 11 is 1.57. The van der Waals surface area contributed by atoms with Gasteiger partial charge in [0.25, 0.3) is 0 Å². The van der Waals surface area contributed by atoms with Gasteiger partial charge in [0.1, 0.15) is 19.3 Å². The van der Waals surface area contributed by atoms with Crippen molar-refractivity contribution in [2.24, 2.45) is 5.92 Å². The maximum Gasteiger partial charge on any atom is 0.407 e. The van der Waals surface area contributed by atoms with Gasteiger partial charge in [0.2, 0.25) is 5.91 Å². The van der Waals surface area contributed by atoms with Gasteiger partial charge in [-0.1, -0.05) is 60.7 Å². The molecule has 0 bridgehead atoms. The number of fused-ring (bicyclic) bond motifs is 1. The lowest BCUT2D eigenvalue weighted by molar-refractivity contribution is -0.168. The number of benzene rings is 2. The summed E-state index contributed by atoms with van der Waals surface area (Å²) in [5.74, 6) is -0.991. The van der Waals surface area contributed by atoms with Gasteiger partial charge >= 0.3 is 12.1 Å². The third-order valence-electron chi connectivity index (χ3n) is 6.03. The fourth-order valence-electron chi connectivity index (χ4n) is 4.33. The van der Waals surface area contributed by atoms with Crippen molar-refractivity contribution >= 4 is 29.7 Å². The van der Waals surface area contributed by atoms with Gasteiger partial charge in [-0.25, -0.2) is 9.59 Å². The summed E-state index contributed by atoms with van der Waals surface area (Å²) in [5, 5.41) is 2.57. The van der Waals surface area contributed by atoms with Gasteiger partial charge in [0.15, 0.2) is 0 Å². The number of amides is 2. The summed E-state index contributed by atoms with van der Waals surface area (Å²) in [5.41, 5.74) is 1.78. The Morgan fingerprint density at radius 2 is 1.55 bits per heavy atom. The molecule has 33 heavy (non-hydrogen) atoms. The van der Waals surface area contributed by atoms with E-state index >= 15 is 0 Å². The molecule has 4 atom stereocenters. The van der Waals surface area contributed by atoms with E-state index in [1.807, 2.05) is 74.5 Å². The predicted molar refractivity (Wildman–Crippen MR) is 125 cm³/mol. The summed E-state index contributed by atoms with van der Waals surface area (Å²) in [6.45, 7) is 6.00. The zero-order chi connectivity index (χ0) is 23.6. The number of carbonyl (C=O) groups is 3. The first-order valence-corrected chi connectivity index (χ1v) is 11.8. The highest BCUT2D eigenvalue weighted by atomic mass is 32.2. The van der Waals surface area contributed by atoms with E-state index in [1.165, 1.54) is 0 Å². The van der Waals surface area contributed by atoms with Gasteiger partial charge in [-0.2, -0.15) is 0 Å². The molecule has 2 heterocycles. The first kappa shape index (κ1) is 23.2. The Morgan fingerprint density at radius 1 is 1.00 bits per heavy atom. The van der Waals surface area contributed by atoms with Crippen LogP contribution in [0.25, 0.3) is 0 Å². The van der Waals surface area contributed by atoms with Crippen LogP contribution in [-0.4, -0.2) is 45.1 Å². The molecular formula is C25H28N2O5S. The van der Waals surface area contributed by atoms with Crippen LogP contribution in [0.15, 0.2) is 60.7 Å². The summed E-state index contributed by atoms with van der Waals surface area (Å²) in [4.78, 5) is 39.8. The molecule has 174 valence electrons. The molecule has 2 aromatic carbocycles. The Balaban J connectivity index is 1.34. The number of hydrogen-bond acceptors (Lipinski definition) is 6. The van der Waals surface area contributed by atoms with Crippen molar-refractivity contribution in [2.75, 3.05) is 0 Å². The third-order valence-corrected chi connectivity index (χ3v) is 7.62. The highest BCUT2D eigenvalue weighted by Crippen LogP contribution is 2.54. The number of alkyl carbamates (subject to hydrolysis) is 1. The second kappa shape index (κ2) is 9.47. The molecule has 1 unspecified atom stereocenters. The van der Waals surface area contributed by atoms with E-state index in [0.717, 1.165) is 11.1 Å². The zero-order valence-corrected chi connectivity index (χ0v) is 19.7. The molecule has 2 aliphatic rings. The largest absolute Gasteiger partial charge is 0.459 e. The van der Waals surface area contributed by atoms with Crippen LogP contribution >= 0.6 is 11.8 Å². The standard InChI is InChI=1S/C25H28N2O5S/c1-16(26-24(30)32-15-18-12-8-5-9-13-18)19-21(28)27-20(25(2,3)33-22(19)27)23(29)31-14-17-10-6-4-7-11-17/h4-13,16,19-20,22H,14-15H2,1-3H3,(H,26,30)/t16?,19-,20+,22-/m1/s1. The van der Waals surface area contributed by atoms with Crippen molar-refractivity contribution in [3.63, 3.8) is 0 Å². The minimum Gasteiger partial charge on any atom is -0.459 e. The monoisotopic (exact) mass is 468 g/mol. The molecule has 1 N–H and O–H groups in total. The normalized spacial score (nSPS) is 23.8. The smallest absolute Gasteiger partial charge is 0.407 e. The number of nitrogens with one attached hydrogen (secondary N) is 1. The Hall–Kier alpha value is -3.00. The van der Waals surface area contributed by atoms with Crippen molar-refractivity contribution < 1.29 is 23.9 Å². The van der Waals surface area contributed by atoms with Gasteiger partial charge in [-0.3, -0.25) is 4.79 Å². The number of esters is 1. The Kier molecular flexibility index (Phi) is 6.65. The molecule has 0 radical (unpaired) electrons. The average molecular weight is 469 g/mol. The molecule has 2 fully saturated rings. The highest BCUT2D eigenvalue weighted by molar-refractivity contribution is 8.01. The summed E-state index contributed by atoms with van der Waals surface area (Å²) in [7, 11) is 0. The van der Waals surface area contributed by atoms with Gasteiger partial charge in [0, 0.05) is 10.8 Å². The zero-order valence-electron chi connectivity index (χ0n) is 18.9. The number of hydrogen-bond donors (Lipinski definition) is 1. The van der Waals surface area contributed by atoms with Gasteiger partial charge < -0.3 is 19.7 Å². The van der Waals surface area contributed by atoms with Crippen LogP contribution in [0, 0.1) is 5.92 Å². The summed E-state index contributed by atoms with van der Waals surface area (Å²) < 4.78 is 10.3. The maximum absolute atomic E-state index is 13.0. The molecule has 0 saturated carbocycles. The fourth-order valence-corrected chi connectivity index (χ4v) is 6.13. The second-order valence-electron chi connectivity index (χ2n) is 8.87. The van der Waals surface area contributed by atoms with Crippen molar-refractivity contribution in [3.05, 3.63) is 71.8 Å². The van der Waals surface area contributed by atoms with E-state index in [2.05, 4.69) is 5.32 Å². The van der Waals surface area contributed by atoms with Crippen molar-refractivity contribution in [1.82, 2.24) is 10.2 Å². The first-order valence-electron chi connectivity index (χ1n) is 11.0. The lowest BCUT2D eigenvalue weighted by atomic mass is 9.87. The molecule has 0 spiro atoms. The Morgan fingerprint density at radius 3 is 2.12 bits per heavy atom. The number of rotatable bonds is 7. The highest BCUT2D eigenvalue weighted by Gasteiger charge is 2.65. The number of β-lactam (4-membered cyclic amide) rings is 1. The molecule has 2 aromatic rings. The van der Waals surface area contributed by atoms with Crippen LogP contribution in [0.3, 0.4) is 0 Å². The SMILES string of the molecule is CC(NC(=O)OCc1ccccc1)[C@@H]1C(=O)N2[C@@H]1SC(C)(C)[C@@H]2C(=O)OCc1ccccc1. The lowest BCUT2D eigenvalue weighted by Crippen LogP contribution is -2.67. The average Bonchev–Trinajstić information content (AvgIpc) is 3.04. The molecule has 8 heteroatoms. The molecule has 2 amide bonds. The third kappa shape index (κ3) is 4.85. The number of thioether (sulfide) groups is 1. The number of carbonyl (C=O) groups excluding carboxylic acids is 3. The van der Waals surface area contributed by atoms with Crippen LogP contribution in [-0.2, 0) is 32.3 Å². The van der Waals surface area contributed by atoms with Crippen LogP contribution in [0.2, 0.25) is 0 Å². The van der Waals surface area contributed by atoms with E-state index < -0.39 is 34.8 Å². The van der Waals surface area contributed by atoms with E-state index in [4.69, 9.17) is 9.47 Å². The van der Waals surface area contributed by atoms with Crippen molar-refractivity contribution in [3.8, 4) is 0 Å². The van der Waals surface area contributed by atoms with Crippen LogP contribution in [0.1, 0.15) is 31.9 Å². The molecule has 0 aliphatic carbocycles. The first-order chi connectivity index (χ1) is 15.8. The lowest BCUT2D eigenvalue weighted by Gasteiger charge is -2.46. The molecule has 7 nitrogen and oxygen atoms in total. The Labute approximate surface area is 197 Å². The van der Waals surface area contributed by atoms with E-state index in [9.17, 15) is 14.4 Å². The van der Waals surface area contributed by atoms with Crippen molar-refractivity contribution in [1.29, 1.82) is 0 Å². The van der Waals surface area contributed by atoms with Gasteiger partial charge in [-0.15, -0.1) is 11.8 Å². The van der Waals surface area contributed by atoms with E-state index in [0.29, 0.717) is 0 Å². The van der Waals surface area contributed by atoms with E-state index in [1.54, 1.807) is 23.6 Å². The molecule has 2 aliphatic heterocycles. The fraction of sp³-hybridized carbons (Fsp3) is 0.400. The Bertz CT molecular complexity index is 1010. The number of ether oxygens (including phenoxy) is 2. The minimum absolute atomic E-state index is 0.157. The quantitative estimate of drug-likeness (QED) is 0.492. The van der Waals surface area contributed by atoms with Gasteiger partial charge in [0.05, 0.1) is 11.3 Å². The van der Waals surface area contributed by atoms with Crippen molar-refractivity contribution in [2.45, 2.75) is 56.2 Å². The molecular weight excluding hydrogens is 440 g/mol. The topological polar surface area (TPSA) is 84.9 Å². The maximum atomic E-state index is 13.0.